The second-order valence-corrected chi connectivity index (χ2v) is 3.61. The van der Waals surface area contributed by atoms with Crippen molar-refractivity contribution in [2.45, 2.75) is 12.3 Å². The number of nitrogen functional groups attached to an aromatic ring is 1. The lowest BCUT2D eigenvalue weighted by Crippen LogP contribution is -2.51. The van der Waals surface area contributed by atoms with E-state index in [0.29, 0.717) is 0 Å². The maximum absolute atomic E-state index is 12.7. The molecule has 6 nitrogen and oxygen atoms in total. The van der Waals surface area contributed by atoms with E-state index in [9.17, 15) is 9.18 Å². The zero-order valence-corrected chi connectivity index (χ0v) is 8.41. The van der Waals surface area contributed by atoms with Gasteiger partial charge in [0.25, 0.3) is 0 Å². The molecule has 2 heterocycles. The van der Waals surface area contributed by atoms with Gasteiger partial charge in [-0.15, -0.1) is 0 Å². The topological polar surface area (TPSA) is 90.4 Å². The van der Waals surface area contributed by atoms with Gasteiger partial charge in [-0.1, -0.05) is 0 Å². The van der Waals surface area contributed by atoms with Crippen LogP contribution in [0.3, 0.4) is 0 Å². The van der Waals surface area contributed by atoms with Crippen molar-refractivity contribution in [3.05, 3.63) is 22.7 Å². The molecule has 1 aliphatic heterocycles. The number of alkyl halides is 1. The summed E-state index contributed by atoms with van der Waals surface area (Å²) in [6.07, 6.45) is 0.146. The van der Waals surface area contributed by atoms with Gasteiger partial charge < -0.3 is 15.6 Å². The number of rotatable bonds is 3. The number of hydrogen-bond donors (Lipinski definition) is 2. The second kappa shape index (κ2) is 4.18. The molecule has 0 saturated carbocycles. The van der Waals surface area contributed by atoms with Crippen molar-refractivity contribution in [3.63, 3.8) is 0 Å². The van der Waals surface area contributed by atoms with Gasteiger partial charge in [0, 0.05) is 6.20 Å². The van der Waals surface area contributed by atoms with Crippen LogP contribution in [-0.2, 0) is 4.74 Å². The normalized spacial score (nSPS) is 28.8. The summed E-state index contributed by atoms with van der Waals surface area (Å²) in [5.41, 5.74) is 4.74. The molecule has 1 aromatic heterocycles. The Labute approximate surface area is 90.5 Å². The Morgan fingerprint density at radius 2 is 2.44 bits per heavy atom. The first-order valence-corrected chi connectivity index (χ1v) is 4.84. The average molecular weight is 229 g/mol. The van der Waals surface area contributed by atoms with Crippen molar-refractivity contribution in [1.82, 2.24) is 9.55 Å². The fourth-order valence-electron chi connectivity index (χ4n) is 1.72. The summed E-state index contributed by atoms with van der Waals surface area (Å²) >= 11 is 0. The highest BCUT2D eigenvalue weighted by molar-refractivity contribution is 5.23. The monoisotopic (exact) mass is 229 g/mol. The molecule has 1 aromatic rings. The average Bonchev–Trinajstić information content (AvgIpc) is 2.21. The first-order chi connectivity index (χ1) is 7.67. The van der Waals surface area contributed by atoms with Gasteiger partial charge in [-0.05, 0) is 6.07 Å². The van der Waals surface area contributed by atoms with Crippen molar-refractivity contribution in [1.29, 1.82) is 0 Å². The van der Waals surface area contributed by atoms with E-state index >= 15 is 0 Å². The van der Waals surface area contributed by atoms with Crippen molar-refractivity contribution in [2.24, 2.45) is 5.92 Å². The number of aliphatic hydroxyl groups excluding tert-OH is 1. The Hall–Kier alpha value is -1.47. The Kier molecular flexibility index (Phi) is 2.88. The van der Waals surface area contributed by atoms with Gasteiger partial charge in [0.05, 0.1) is 25.3 Å². The summed E-state index contributed by atoms with van der Waals surface area (Å²) < 4.78 is 19.0. The largest absolute Gasteiger partial charge is 0.394 e. The van der Waals surface area contributed by atoms with E-state index in [1.165, 1.54) is 16.8 Å². The molecule has 1 fully saturated rings. The van der Waals surface area contributed by atoms with Gasteiger partial charge >= 0.3 is 5.69 Å². The third kappa shape index (κ3) is 1.68. The van der Waals surface area contributed by atoms with Crippen molar-refractivity contribution in [2.75, 3.05) is 19.0 Å². The van der Waals surface area contributed by atoms with Crippen LogP contribution in [0.2, 0.25) is 0 Å². The van der Waals surface area contributed by atoms with Crippen LogP contribution in [0.1, 0.15) is 6.23 Å². The van der Waals surface area contributed by atoms with Gasteiger partial charge in [0.2, 0.25) is 0 Å². The number of ether oxygens (including phenoxy) is 1. The fourth-order valence-corrected chi connectivity index (χ4v) is 1.72. The summed E-state index contributed by atoms with van der Waals surface area (Å²) in [4.78, 5) is 15.0. The number of nitrogens with zero attached hydrogens (tertiary/aromatic N) is 2. The van der Waals surface area contributed by atoms with Crippen LogP contribution in [0.4, 0.5) is 10.2 Å². The van der Waals surface area contributed by atoms with E-state index in [1.54, 1.807) is 0 Å². The molecule has 0 bridgehead atoms. The molecule has 1 saturated heterocycles. The van der Waals surface area contributed by atoms with E-state index < -0.39 is 30.6 Å². The third-order valence-electron chi connectivity index (χ3n) is 2.64. The molecule has 0 amide bonds. The predicted molar refractivity (Wildman–Crippen MR) is 53.4 cm³/mol. The molecule has 0 aliphatic carbocycles. The SMILES string of the molecule is Nc1ccn([C@@H]2O[C@H](CO)[C@H]2CF)c(=O)n1. The molecule has 0 radical (unpaired) electrons. The van der Waals surface area contributed by atoms with Crippen LogP contribution in [-0.4, -0.2) is 34.0 Å². The molecule has 1 aliphatic rings. The summed E-state index contributed by atoms with van der Waals surface area (Å²) in [6.45, 7) is -0.922. The predicted octanol–water partition coefficient (Wildman–Crippen LogP) is -0.699. The van der Waals surface area contributed by atoms with Crippen LogP contribution in [0.15, 0.2) is 17.1 Å². The first kappa shape index (κ1) is 11.0. The number of anilines is 1. The van der Waals surface area contributed by atoms with Crippen molar-refractivity contribution < 1.29 is 14.2 Å². The maximum Gasteiger partial charge on any atom is 0.351 e. The minimum absolute atomic E-state index is 0.107. The Balaban J connectivity index is 2.23. The molecule has 0 aromatic carbocycles. The number of nitrogens with two attached hydrogens (primary N) is 1. The lowest BCUT2D eigenvalue weighted by molar-refractivity contribution is -0.240. The van der Waals surface area contributed by atoms with Crippen LogP contribution in [0, 0.1) is 5.92 Å². The van der Waals surface area contributed by atoms with Gasteiger partial charge in [-0.2, -0.15) is 4.98 Å². The highest BCUT2D eigenvalue weighted by Crippen LogP contribution is 2.36. The molecule has 88 valence electrons. The minimum atomic E-state index is -0.706. The number of hydrogen-bond acceptors (Lipinski definition) is 5. The zero-order valence-electron chi connectivity index (χ0n) is 8.41. The maximum atomic E-state index is 12.7. The number of halogens is 1. The van der Waals surface area contributed by atoms with Gasteiger partial charge in [0.15, 0.2) is 0 Å². The zero-order chi connectivity index (χ0) is 11.7. The Morgan fingerprint density at radius 1 is 1.69 bits per heavy atom. The number of aromatic nitrogens is 2. The lowest BCUT2D eigenvalue weighted by atomic mass is 9.96. The molecule has 3 atom stereocenters. The van der Waals surface area contributed by atoms with Crippen LogP contribution in [0.25, 0.3) is 0 Å². The molecule has 0 unspecified atom stereocenters. The molecule has 2 rings (SSSR count). The van der Waals surface area contributed by atoms with E-state index in [-0.39, 0.29) is 12.4 Å². The standard InChI is InChI=1S/C9H12FN3O3/c10-3-5-6(4-14)16-8(5)13-2-1-7(11)12-9(13)15/h1-2,5-6,8,14H,3-4H2,(H2,11,12,15)/t5-,6-,8-/m1/s1. The molecular formula is C9H12FN3O3. The Morgan fingerprint density at radius 3 is 3.00 bits per heavy atom. The van der Waals surface area contributed by atoms with Crippen molar-refractivity contribution >= 4 is 5.82 Å². The minimum Gasteiger partial charge on any atom is -0.394 e. The molecular weight excluding hydrogens is 217 g/mol. The summed E-state index contributed by atoms with van der Waals surface area (Å²) in [6, 6.07) is 1.44. The van der Waals surface area contributed by atoms with Crippen LogP contribution < -0.4 is 11.4 Å². The second-order valence-electron chi connectivity index (χ2n) is 3.61. The number of aliphatic hydroxyl groups is 1. The highest BCUT2D eigenvalue weighted by Gasteiger charge is 2.43. The van der Waals surface area contributed by atoms with Gasteiger partial charge in [-0.25, -0.2) is 4.79 Å². The van der Waals surface area contributed by atoms with E-state index in [0.717, 1.165) is 0 Å². The first-order valence-electron chi connectivity index (χ1n) is 4.84. The van der Waals surface area contributed by atoms with Crippen molar-refractivity contribution in [3.8, 4) is 0 Å². The van der Waals surface area contributed by atoms with E-state index in [2.05, 4.69) is 4.98 Å². The summed E-state index contributed by atoms with van der Waals surface area (Å²) in [7, 11) is 0. The van der Waals surface area contributed by atoms with Crippen LogP contribution in [0.5, 0.6) is 0 Å². The fraction of sp³-hybridized carbons (Fsp3) is 0.556. The van der Waals surface area contributed by atoms with E-state index in [4.69, 9.17) is 15.6 Å². The third-order valence-corrected chi connectivity index (χ3v) is 2.64. The van der Waals surface area contributed by atoms with Gasteiger partial charge in [-0.3, -0.25) is 8.96 Å². The lowest BCUT2D eigenvalue weighted by Gasteiger charge is -2.42. The molecule has 0 spiro atoms. The summed E-state index contributed by atoms with van der Waals surface area (Å²) in [5, 5.41) is 8.85. The molecule has 3 N–H and O–H groups in total. The van der Waals surface area contributed by atoms with Crippen LogP contribution >= 0.6 is 0 Å². The highest BCUT2D eigenvalue weighted by atomic mass is 19.1. The smallest absolute Gasteiger partial charge is 0.351 e. The quantitative estimate of drug-likeness (QED) is 0.715. The molecule has 16 heavy (non-hydrogen) atoms. The Bertz CT molecular complexity index is 436. The van der Waals surface area contributed by atoms with E-state index in [1.807, 2.05) is 0 Å². The summed E-state index contributed by atoms with van der Waals surface area (Å²) in [5.74, 6) is -0.413. The van der Waals surface area contributed by atoms with Gasteiger partial charge in [0.1, 0.15) is 12.0 Å². The molecule has 7 heteroatoms.